The SMILES string of the molecule is NCCCCC(NC(=O)OCc1ccccc1)C(=O)Nc1cccc2cccnc12. The highest BCUT2D eigenvalue weighted by molar-refractivity contribution is 6.03. The molecule has 3 rings (SSSR count). The van der Waals surface area contributed by atoms with Crippen LogP contribution < -0.4 is 16.4 Å². The molecule has 2 amide bonds. The van der Waals surface area contributed by atoms with E-state index in [1.165, 1.54) is 0 Å². The lowest BCUT2D eigenvalue weighted by Gasteiger charge is -2.19. The zero-order chi connectivity index (χ0) is 21.2. The zero-order valence-electron chi connectivity index (χ0n) is 16.7. The van der Waals surface area contributed by atoms with E-state index in [0.29, 0.717) is 30.6 Å². The number of hydrogen-bond donors (Lipinski definition) is 3. The maximum atomic E-state index is 12.9. The predicted octanol–water partition coefficient (Wildman–Crippen LogP) is 3.60. The van der Waals surface area contributed by atoms with E-state index in [2.05, 4.69) is 15.6 Å². The summed E-state index contributed by atoms with van der Waals surface area (Å²) in [4.78, 5) is 29.5. The number of nitrogens with two attached hydrogens (primary N) is 1. The number of nitrogens with one attached hydrogen (secondary N) is 2. The Hall–Kier alpha value is -3.45. The summed E-state index contributed by atoms with van der Waals surface area (Å²) in [5.41, 5.74) is 7.74. The van der Waals surface area contributed by atoms with Gasteiger partial charge in [0.2, 0.25) is 5.91 Å². The number of para-hydroxylation sites is 1. The number of unbranched alkanes of at least 4 members (excludes halogenated alkanes) is 1. The number of fused-ring (bicyclic) bond motifs is 1. The number of aromatic nitrogens is 1. The molecule has 0 aliphatic heterocycles. The lowest BCUT2D eigenvalue weighted by molar-refractivity contribution is -0.118. The van der Waals surface area contributed by atoms with Crippen LogP contribution in [0.1, 0.15) is 24.8 Å². The Morgan fingerprint density at radius 1 is 1.00 bits per heavy atom. The molecule has 3 aromatic rings. The van der Waals surface area contributed by atoms with Gasteiger partial charge in [0.25, 0.3) is 0 Å². The van der Waals surface area contributed by atoms with Crippen LogP contribution in [0.4, 0.5) is 10.5 Å². The van der Waals surface area contributed by atoms with Gasteiger partial charge in [0.15, 0.2) is 0 Å². The summed E-state index contributed by atoms with van der Waals surface area (Å²) in [5, 5.41) is 6.49. The van der Waals surface area contributed by atoms with Gasteiger partial charge >= 0.3 is 6.09 Å². The molecule has 156 valence electrons. The Bertz CT molecular complexity index is 973. The van der Waals surface area contributed by atoms with Gasteiger partial charge in [0, 0.05) is 11.6 Å². The third-order valence-electron chi connectivity index (χ3n) is 4.66. The van der Waals surface area contributed by atoms with Crippen molar-refractivity contribution in [2.75, 3.05) is 11.9 Å². The summed E-state index contributed by atoms with van der Waals surface area (Å²) in [6.45, 7) is 0.664. The molecular weight excluding hydrogens is 380 g/mol. The Kier molecular flexibility index (Phi) is 7.74. The van der Waals surface area contributed by atoms with E-state index in [1.54, 1.807) is 12.3 Å². The summed E-state index contributed by atoms with van der Waals surface area (Å²) in [6, 6.07) is 18.0. The number of pyridine rings is 1. The normalized spacial score (nSPS) is 11.6. The molecule has 7 heteroatoms. The number of amides is 2. The summed E-state index contributed by atoms with van der Waals surface area (Å²) < 4.78 is 5.27. The van der Waals surface area contributed by atoms with Gasteiger partial charge in [-0.05, 0) is 43.5 Å². The quantitative estimate of drug-likeness (QED) is 0.471. The topological polar surface area (TPSA) is 106 Å². The molecule has 0 saturated heterocycles. The maximum Gasteiger partial charge on any atom is 0.408 e. The predicted molar refractivity (Wildman–Crippen MR) is 117 cm³/mol. The monoisotopic (exact) mass is 406 g/mol. The van der Waals surface area contributed by atoms with Crippen molar-refractivity contribution in [3.8, 4) is 0 Å². The van der Waals surface area contributed by atoms with E-state index in [-0.39, 0.29) is 12.5 Å². The Balaban J connectivity index is 1.65. The number of hydrogen-bond acceptors (Lipinski definition) is 5. The fourth-order valence-corrected chi connectivity index (χ4v) is 3.09. The van der Waals surface area contributed by atoms with Gasteiger partial charge < -0.3 is 21.1 Å². The number of ether oxygens (including phenoxy) is 1. The molecule has 4 N–H and O–H groups in total. The summed E-state index contributed by atoms with van der Waals surface area (Å²) in [6.07, 6.45) is 2.97. The smallest absolute Gasteiger partial charge is 0.408 e. The molecule has 2 aromatic carbocycles. The summed E-state index contributed by atoms with van der Waals surface area (Å²) in [7, 11) is 0. The molecule has 0 aliphatic rings. The molecule has 7 nitrogen and oxygen atoms in total. The van der Waals surface area contributed by atoms with Crippen molar-refractivity contribution < 1.29 is 14.3 Å². The van der Waals surface area contributed by atoms with Crippen LogP contribution in [0.5, 0.6) is 0 Å². The summed E-state index contributed by atoms with van der Waals surface area (Å²) in [5.74, 6) is -0.318. The number of anilines is 1. The van der Waals surface area contributed by atoms with Gasteiger partial charge in [-0.25, -0.2) is 4.79 Å². The number of alkyl carbamates (subject to hydrolysis) is 1. The largest absolute Gasteiger partial charge is 0.445 e. The van der Waals surface area contributed by atoms with Gasteiger partial charge in [-0.1, -0.05) is 48.5 Å². The van der Waals surface area contributed by atoms with Crippen molar-refractivity contribution in [3.05, 3.63) is 72.4 Å². The van der Waals surface area contributed by atoms with Crippen LogP contribution >= 0.6 is 0 Å². The first kappa shape index (κ1) is 21.3. The molecule has 1 heterocycles. The van der Waals surface area contributed by atoms with Crippen LogP contribution in [0.3, 0.4) is 0 Å². The molecule has 0 aliphatic carbocycles. The first-order valence-corrected chi connectivity index (χ1v) is 9.99. The maximum absolute atomic E-state index is 12.9. The van der Waals surface area contributed by atoms with Crippen LogP contribution in [0.15, 0.2) is 66.9 Å². The number of rotatable bonds is 9. The number of nitrogens with zero attached hydrogens (tertiary/aromatic N) is 1. The van der Waals surface area contributed by atoms with Gasteiger partial charge in [0.1, 0.15) is 12.6 Å². The Morgan fingerprint density at radius 3 is 2.60 bits per heavy atom. The van der Waals surface area contributed by atoms with E-state index in [4.69, 9.17) is 10.5 Å². The average molecular weight is 406 g/mol. The van der Waals surface area contributed by atoms with Gasteiger partial charge in [0.05, 0.1) is 11.2 Å². The minimum Gasteiger partial charge on any atom is -0.445 e. The zero-order valence-corrected chi connectivity index (χ0v) is 16.7. The molecule has 1 unspecified atom stereocenters. The van der Waals surface area contributed by atoms with E-state index >= 15 is 0 Å². The third kappa shape index (κ3) is 6.02. The highest BCUT2D eigenvalue weighted by atomic mass is 16.5. The minimum atomic E-state index is -0.737. The molecular formula is C23H26N4O3. The van der Waals surface area contributed by atoms with Crippen LogP contribution in [-0.4, -0.2) is 29.6 Å². The third-order valence-corrected chi connectivity index (χ3v) is 4.66. The number of carbonyl (C=O) groups excluding carboxylic acids is 2. The van der Waals surface area contributed by atoms with Crippen molar-refractivity contribution in [3.63, 3.8) is 0 Å². The van der Waals surface area contributed by atoms with Crippen LogP contribution in [0.25, 0.3) is 10.9 Å². The Morgan fingerprint density at radius 2 is 1.80 bits per heavy atom. The van der Waals surface area contributed by atoms with Crippen molar-refractivity contribution >= 4 is 28.6 Å². The second-order valence-corrected chi connectivity index (χ2v) is 6.91. The molecule has 0 spiro atoms. The van der Waals surface area contributed by atoms with Crippen molar-refractivity contribution in [1.82, 2.24) is 10.3 Å². The molecule has 0 bridgehead atoms. The van der Waals surface area contributed by atoms with Crippen molar-refractivity contribution in [2.24, 2.45) is 5.73 Å². The number of carbonyl (C=O) groups is 2. The molecule has 0 radical (unpaired) electrons. The van der Waals surface area contributed by atoms with E-state index in [0.717, 1.165) is 17.4 Å². The fourth-order valence-electron chi connectivity index (χ4n) is 3.09. The Labute approximate surface area is 175 Å². The van der Waals surface area contributed by atoms with Gasteiger partial charge in [-0.2, -0.15) is 0 Å². The minimum absolute atomic E-state index is 0.136. The van der Waals surface area contributed by atoms with Crippen LogP contribution in [-0.2, 0) is 16.1 Å². The lowest BCUT2D eigenvalue weighted by atomic mass is 10.1. The number of benzene rings is 2. The van der Waals surface area contributed by atoms with Crippen LogP contribution in [0.2, 0.25) is 0 Å². The van der Waals surface area contributed by atoms with Crippen molar-refractivity contribution in [1.29, 1.82) is 0 Å². The standard InChI is InChI=1S/C23H26N4O3/c24-14-5-4-12-20(27-23(29)30-16-17-8-2-1-3-9-17)22(28)26-19-13-6-10-18-11-7-15-25-21(18)19/h1-3,6-11,13,15,20H,4-5,12,14,16,24H2,(H,26,28)(H,27,29). The second-order valence-electron chi connectivity index (χ2n) is 6.91. The van der Waals surface area contributed by atoms with Crippen LogP contribution in [0, 0.1) is 0 Å². The molecule has 1 aromatic heterocycles. The molecule has 0 saturated carbocycles. The second kappa shape index (κ2) is 10.9. The highest BCUT2D eigenvalue weighted by Gasteiger charge is 2.22. The van der Waals surface area contributed by atoms with Gasteiger partial charge in [-0.3, -0.25) is 9.78 Å². The first-order valence-electron chi connectivity index (χ1n) is 9.99. The first-order chi connectivity index (χ1) is 14.7. The van der Waals surface area contributed by atoms with Gasteiger partial charge in [-0.15, -0.1) is 0 Å². The van der Waals surface area contributed by atoms with E-state index in [9.17, 15) is 9.59 Å². The molecule has 1 atom stereocenters. The summed E-state index contributed by atoms with van der Waals surface area (Å²) >= 11 is 0. The fraction of sp³-hybridized carbons (Fsp3) is 0.261. The molecule has 0 fully saturated rings. The average Bonchev–Trinajstić information content (AvgIpc) is 2.78. The lowest BCUT2D eigenvalue weighted by Crippen LogP contribution is -2.44. The van der Waals surface area contributed by atoms with Crippen molar-refractivity contribution in [2.45, 2.75) is 31.9 Å². The highest BCUT2D eigenvalue weighted by Crippen LogP contribution is 2.21. The van der Waals surface area contributed by atoms with E-state index in [1.807, 2.05) is 54.6 Å². The van der Waals surface area contributed by atoms with E-state index < -0.39 is 12.1 Å². The molecule has 30 heavy (non-hydrogen) atoms.